The second-order valence-electron chi connectivity index (χ2n) is 3.91. The Bertz CT molecular complexity index is 476. The molecule has 0 fully saturated rings. The topological polar surface area (TPSA) is 97.4 Å². The number of aromatic nitrogens is 5. The van der Waals surface area contributed by atoms with Crippen molar-refractivity contribution in [1.82, 2.24) is 30.6 Å². The van der Waals surface area contributed by atoms with Crippen LogP contribution in [0.2, 0.25) is 0 Å². The quantitative estimate of drug-likeness (QED) is 0.575. The van der Waals surface area contributed by atoms with E-state index in [4.69, 9.17) is 5.84 Å². The smallest absolute Gasteiger partial charge is 0.109 e. The van der Waals surface area contributed by atoms with Crippen molar-refractivity contribution in [3.05, 3.63) is 28.3 Å². The van der Waals surface area contributed by atoms with Crippen LogP contribution in [0.25, 0.3) is 0 Å². The minimum Gasteiger partial charge on any atom is -0.270 e. The highest BCUT2D eigenvalue weighted by molar-refractivity contribution is 9.10. The van der Waals surface area contributed by atoms with Crippen molar-refractivity contribution in [2.75, 3.05) is 0 Å². The lowest BCUT2D eigenvalue weighted by atomic mass is 10.1. The van der Waals surface area contributed by atoms with Gasteiger partial charge in [-0.1, -0.05) is 0 Å². The highest BCUT2D eigenvalue weighted by Gasteiger charge is 2.23. The van der Waals surface area contributed by atoms with Crippen molar-refractivity contribution in [3.63, 3.8) is 0 Å². The van der Waals surface area contributed by atoms with Gasteiger partial charge in [0.2, 0.25) is 0 Å². The van der Waals surface area contributed by atoms with Crippen LogP contribution < -0.4 is 11.3 Å². The molecule has 2 aromatic heterocycles. The summed E-state index contributed by atoms with van der Waals surface area (Å²) >= 11 is 3.48. The number of rotatable bonds is 4. The molecule has 8 heteroatoms. The molecule has 1 unspecified atom stereocenters. The first-order valence-electron chi connectivity index (χ1n) is 5.19. The van der Waals surface area contributed by atoms with E-state index >= 15 is 0 Å². The van der Waals surface area contributed by atoms with Crippen LogP contribution in [0.15, 0.2) is 16.9 Å². The fourth-order valence-corrected chi connectivity index (χ4v) is 2.19. The third-order valence-electron chi connectivity index (χ3n) is 2.45. The van der Waals surface area contributed by atoms with E-state index in [1.54, 1.807) is 12.4 Å². The van der Waals surface area contributed by atoms with Gasteiger partial charge in [-0.25, -0.2) is 5.43 Å². The van der Waals surface area contributed by atoms with Crippen molar-refractivity contribution < 1.29 is 0 Å². The van der Waals surface area contributed by atoms with Crippen molar-refractivity contribution in [3.8, 4) is 0 Å². The van der Waals surface area contributed by atoms with Crippen molar-refractivity contribution >= 4 is 15.9 Å². The Morgan fingerprint density at radius 3 is 2.76 bits per heavy atom. The van der Waals surface area contributed by atoms with Gasteiger partial charge in [0, 0.05) is 6.04 Å². The fourth-order valence-electron chi connectivity index (χ4n) is 1.69. The van der Waals surface area contributed by atoms with Gasteiger partial charge in [0.25, 0.3) is 0 Å². The molecule has 0 saturated carbocycles. The minimum absolute atomic E-state index is 0.235. The molecule has 2 aromatic rings. The van der Waals surface area contributed by atoms with E-state index in [1.165, 1.54) is 0 Å². The summed E-state index contributed by atoms with van der Waals surface area (Å²) in [6.07, 6.45) is 3.38. The second-order valence-corrected chi connectivity index (χ2v) is 4.76. The third-order valence-corrected chi connectivity index (χ3v) is 3.06. The molecule has 7 nitrogen and oxygen atoms in total. The summed E-state index contributed by atoms with van der Waals surface area (Å²) in [7, 11) is 0. The SMILES string of the molecule is CC(C)n1ncc(Br)c1C(NN)c1cn[nH]n1. The molecule has 1 atom stereocenters. The van der Waals surface area contributed by atoms with Gasteiger partial charge in [-0.2, -0.15) is 20.5 Å². The first-order chi connectivity index (χ1) is 8.15. The Morgan fingerprint density at radius 1 is 1.47 bits per heavy atom. The van der Waals surface area contributed by atoms with Crippen LogP contribution >= 0.6 is 15.9 Å². The first-order valence-corrected chi connectivity index (χ1v) is 5.99. The summed E-state index contributed by atoms with van der Waals surface area (Å²) in [5.41, 5.74) is 4.38. The van der Waals surface area contributed by atoms with Gasteiger partial charge < -0.3 is 0 Å². The van der Waals surface area contributed by atoms with E-state index in [-0.39, 0.29) is 12.1 Å². The predicted octanol–water partition coefficient (Wildman–Crippen LogP) is 0.897. The Kier molecular flexibility index (Phi) is 3.55. The summed E-state index contributed by atoms with van der Waals surface area (Å²) in [6.45, 7) is 4.11. The standard InChI is InChI=1S/C9H14BrN7/c1-5(2)17-9(6(10)3-13-17)8(14-11)7-4-12-16-15-7/h3-5,8,14H,11H2,1-2H3,(H,12,15,16). The van der Waals surface area contributed by atoms with E-state index in [0.29, 0.717) is 0 Å². The highest BCUT2D eigenvalue weighted by Crippen LogP contribution is 2.28. The molecule has 0 saturated heterocycles. The molecule has 0 amide bonds. The highest BCUT2D eigenvalue weighted by atomic mass is 79.9. The predicted molar refractivity (Wildman–Crippen MR) is 65.9 cm³/mol. The van der Waals surface area contributed by atoms with Crippen molar-refractivity contribution in [1.29, 1.82) is 0 Å². The largest absolute Gasteiger partial charge is 0.270 e. The van der Waals surface area contributed by atoms with Gasteiger partial charge in [-0.15, -0.1) is 0 Å². The molecule has 0 aliphatic heterocycles. The van der Waals surface area contributed by atoms with E-state index in [2.05, 4.69) is 55.7 Å². The van der Waals surface area contributed by atoms with Crippen molar-refractivity contribution in [2.45, 2.75) is 25.9 Å². The Balaban J connectivity index is 2.47. The van der Waals surface area contributed by atoms with Gasteiger partial charge in [0.05, 0.1) is 22.6 Å². The number of nitrogens with zero attached hydrogens (tertiary/aromatic N) is 4. The van der Waals surface area contributed by atoms with E-state index < -0.39 is 0 Å². The summed E-state index contributed by atoms with van der Waals surface area (Å²) in [4.78, 5) is 0. The molecule has 4 N–H and O–H groups in total. The van der Waals surface area contributed by atoms with Gasteiger partial charge >= 0.3 is 0 Å². The Hall–Kier alpha value is -1.25. The number of nitrogens with two attached hydrogens (primary N) is 1. The van der Waals surface area contributed by atoms with Crippen LogP contribution in [-0.2, 0) is 0 Å². The maximum Gasteiger partial charge on any atom is 0.109 e. The van der Waals surface area contributed by atoms with Gasteiger partial charge in [0.1, 0.15) is 11.7 Å². The fraction of sp³-hybridized carbons (Fsp3) is 0.444. The number of hydrogen-bond acceptors (Lipinski definition) is 5. The number of nitrogens with one attached hydrogen (secondary N) is 2. The van der Waals surface area contributed by atoms with E-state index in [0.717, 1.165) is 15.9 Å². The van der Waals surface area contributed by atoms with Crippen LogP contribution in [-0.4, -0.2) is 25.2 Å². The van der Waals surface area contributed by atoms with Crippen molar-refractivity contribution in [2.24, 2.45) is 5.84 Å². The monoisotopic (exact) mass is 299 g/mol. The zero-order valence-electron chi connectivity index (χ0n) is 9.55. The molecule has 0 radical (unpaired) electrons. The molecule has 0 aliphatic carbocycles. The zero-order chi connectivity index (χ0) is 12.4. The first kappa shape index (κ1) is 12.2. The summed E-state index contributed by atoms with van der Waals surface area (Å²) in [6, 6.07) is -0.0212. The van der Waals surface area contributed by atoms with E-state index in [9.17, 15) is 0 Å². The molecule has 0 spiro atoms. The summed E-state index contributed by atoms with van der Waals surface area (Å²) in [5, 5.41) is 14.7. The van der Waals surface area contributed by atoms with Crippen LogP contribution in [0.3, 0.4) is 0 Å². The molecule has 0 aromatic carbocycles. The second kappa shape index (κ2) is 4.94. The average molecular weight is 300 g/mol. The molecule has 92 valence electrons. The number of hydrogen-bond donors (Lipinski definition) is 3. The van der Waals surface area contributed by atoms with E-state index in [1.807, 2.05) is 4.68 Å². The Morgan fingerprint density at radius 2 is 2.24 bits per heavy atom. The molecular weight excluding hydrogens is 286 g/mol. The lowest BCUT2D eigenvalue weighted by Gasteiger charge is -2.18. The molecule has 2 heterocycles. The molecular formula is C9H14BrN7. The number of H-pyrrole nitrogens is 1. The summed E-state index contributed by atoms with van der Waals surface area (Å²) in [5.74, 6) is 5.60. The number of aromatic amines is 1. The van der Waals surface area contributed by atoms with Crippen LogP contribution in [0.5, 0.6) is 0 Å². The van der Waals surface area contributed by atoms with Gasteiger partial charge in [-0.05, 0) is 29.8 Å². The molecule has 2 rings (SSSR count). The molecule has 0 bridgehead atoms. The number of hydrazine groups is 1. The zero-order valence-corrected chi connectivity index (χ0v) is 11.1. The van der Waals surface area contributed by atoms with Crippen LogP contribution in [0.4, 0.5) is 0 Å². The molecule has 0 aliphatic rings. The normalized spacial score (nSPS) is 13.2. The molecule has 17 heavy (non-hydrogen) atoms. The lowest BCUT2D eigenvalue weighted by molar-refractivity contribution is 0.471. The Labute approximate surface area is 107 Å². The minimum atomic E-state index is -0.256. The van der Waals surface area contributed by atoms with Gasteiger partial charge in [0.15, 0.2) is 0 Å². The van der Waals surface area contributed by atoms with Crippen LogP contribution in [0.1, 0.15) is 37.3 Å². The average Bonchev–Trinajstić information content (AvgIpc) is 2.91. The van der Waals surface area contributed by atoms with Gasteiger partial charge in [-0.3, -0.25) is 10.5 Å². The summed E-state index contributed by atoms with van der Waals surface area (Å²) < 4.78 is 2.78. The number of halogens is 1. The van der Waals surface area contributed by atoms with Crippen LogP contribution in [0, 0.1) is 0 Å². The lowest BCUT2D eigenvalue weighted by Crippen LogP contribution is -2.31. The third kappa shape index (κ3) is 2.24. The maximum atomic E-state index is 5.60. The maximum absolute atomic E-state index is 5.60.